The van der Waals surface area contributed by atoms with Crippen LogP contribution in [0.4, 0.5) is 0 Å². The van der Waals surface area contributed by atoms with Gasteiger partial charge in [-0.25, -0.2) is 4.57 Å². The van der Waals surface area contributed by atoms with Crippen molar-refractivity contribution in [3.8, 4) is 0 Å². The van der Waals surface area contributed by atoms with Gasteiger partial charge in [0.1, 0.15) is 12.7 Å². The van der Waals surface area contributed by atoms with Crippen LogP contribution in [0.25, 0.3) is 0 Å². The summed E-state index contributed by atoms with van der Waals surface area (Å²) in [6.45, 7) is 2.35. The summed E-state index contributed by atoms with van der Waals surface area (Å²) in [5, 5.41) is 18.3. The monoisotopic (exact) mass is 815 g/mol. The number of esters is 2. The predicted molar refractivity (Wildman–Crippen MR) is 228 cm³/mol. The second kappa shape index (κ2) is 41.4. The maximum atomic E-state index is 12.6. The van der Waals surface area contributed by atoms with Gasteiger partial charge in [0, 0.05) is 12.8 Å². The fraction of sp³-hybridized carbons (Fsp3) is 0.822. The lowest BCUT2D eigenvalue weighted by Crippen LogP contribution is -2.29. The number of allylic oxidation sites excluding steroid dienone is 6. The summed E-state index contributed by atoms with van der Waals surface area (Å²) in [6.07, 6.45) is 42.5. The zero-order chi connectivity index (χ0) is 41.2. The Bertz CT molecular complexity index is 1030. The van der Waals surface area contributed by atoms with Gasteiger partial charge in [-0.3, -0.25) is 18.6 Å². The SMILES string of the molecule is CCCCCC/C=C\C/C=C\CCCCCCCC(=O)OC(COC(=O)CCCCCCCCC/C=C\CCCCCCCC)COP(=O)(O)OCC(O)CO. The van der Waals surface area contributed by atoms with Crippen molar-refractivity contribution in [3.05, 3.63) is 36.5 Å². The molecule has 0 saturated carbocycles. The van der Waals surface area contributed by atoms with Crippen LogP contribution in [0.2, 0.25) is 0 Å². The highest BCUT2D eigenvalue weighted by Crippen LogP contribution is 2.43. The molecule has 0 spiro atoms. The molecule has 0 amide bonds. The lowest BCUT2D eigenvalue weighted by Gasteiger charge is -2.20. The van der Waals surface area contributed by atoms with Gasteiger partial charge in [0.05, 0.1) is 19.8 Å². The molecule has 0 aromatic heterocycles. The molecule has 0 aliphatic carbocycles. The normalized spacial score (nSPS) is 14.2. The minimum atomic E-state index is -4.62. The van der Waals surface area contributed by atoms with Crippen LogP contribution in [-0.2, 0) is 32.7 Å². The van der Waals surface area contributed by atoms with Crippen molar-refractivity contribution in [2.45, 2.75) is 212 Å². The Labute approximate surface area is 341 Å². The van der Waals surface area contributed by atoms with Crippen molar-refractivity contribution >= 4 is 19.8 Å². The van der Waals surface area contributed by atoms with Crippen molar-refractivity contribution in [2.24, 2.45) is 0 Å². The summed E-state index contributed by atoms with van der Waals surface area (Å²) in [4.78, 5) is 35.0. The van der Waals surface area contributed by atoms with Crippen LogP contribution >= 0.6 is 7.82 Å². The van der Waals surface area contributed by atoms with Crippen LogP contribution in [0, 0.1) is 0 Å². The van der Waals surface area contributed by atoms with Crippen molar-refractivity contribution < 1.29 is 47.8 Å². The van der Waals surface area contributed by atoms with Crippen molar-refractivity contribution in [1.29, 1.82) is 0 Å². The standard InChI is InChI=1S/C45H83O10P/c1-3-5-7-9-11-13-15-17-19-21-23-24-26-28-30-32-34-36-44(48)52-40-43(41-54-56(50,51)53-39-42(47)38-46)55-45(49)37-35-33-31-29-27-25-22-20-18-16-14-12-10-8-6-4-2/h14,16-17,19-20,22,42-43,46-47H,3-13,15,18,21,23-41H2,1-2H3,(H,50,51)/b16-14-,19-17-,22-20-. The number of hydrogen-bond donors (Lipinski definition) is 3. The molecule has 56 heavy (non-hydrogen) atoms. The van der Waals surface area contributed by atoms with E-state index in [0.717, 1.165) is 64.2 Å². The lowest BCUT2D eigenvalue weighted by molar-refractivity contribution is -0.161. The summed E-state index contributed by atoms with van der Waals surface area (Å²) in [7, 11) is -4.62. The average molecular weight is 815 g/mol. The second-order valence-corrected chi connectivity index (χ2v) is 16.5. The van der Waals surface area contributed by atoms with E-state index < -0.39 is 51.8 Å². The van der Waals surface area contributed by atoms with Crippen LogP contribution in [0.5, 0.6) is 0 Å². The highest BCUT2D eigenvalue weighted by molar-refractivity contribution is 7.47. The first-order chi connectivity index (χ1) is 27.2. The molecular formula is C45H83O10P. The van der Waals surface area contributed by atoms with Gasteiger partial charge in [0.25, 0.3) is 0 Å². The first-order valence-electron chi connectivity index (χ1n) is 22.4. The quantitative estimate of drug-likeness (QED) is 0.0235. The van der Waals surface area contributed by atoms with Crippen LogP contribution in [-0.4, -0.2) is 65.7 Å². The second-order valence-electron chi connectivity index (χ2n) is 15.1. The number of ether oxygens (including phenoxy) is 2. The van der Waals surface area contributed by atoms with Gasteiger partial charge in [-0.15, -0.1) is 0 Å². The molecule has 0 radical (unpaired) electrons. The molecule has 11 heteroatoms. The highest BCUT2D eigenvalue weighted by Gasteiger charge is 2.27. The molecule has 3 atom stereocenters. The largest absolute Gasteiger partial charge is 0.472 e. The van der Waals surface area contributed by atoms with E-state index in [1.165, 1.54) is 96.3 Å². The maximum absolute atomic E-state index is 12.6. The number of aliphatic hydroxyl groups is 2. The van der Waals surface area contributed by atoms with Crippen LogP contribution in [0.3, 0.4) is 0 Å². The van der Waals surface area contributed by atoms with Gasteiger partial charge in [0.2, 0.25) is 0 Å². The molecule has 0 aromatic carbocycles. The number of carbonyl (C=O) groups is 2. The molecule has 0 fully saturated rings. The minimum absolute atomic E-state index is 0.168. The molecule has 0 heterocycles. The molecule has 10 nitrogen and oxygen atoms in total. The van der Waals surface area contributed by atoms with E-state index in [-0.39, 0.29) is 19.4 Å². The third-order valence-electron chi connectivity index (χ3n) is 9.52. The van der Waals surface area contributed by atoms with Gasteiger partial charge < -0.3 is 24.6 Å². The summed E-state index contributed by atoms with van der Waals surface area (Å²) < 4.78 is 32.7. The highest BCUT2D eigenvalue weighted by atomic mass is 31.2. The van der Waals surface area contributed by atoms with E-state index in [9.17, 15) is 24.2 Å². The van der Waals surface area contributed by atoms with Crippen LogP contribution in [0.15, 0.2) is 36.5 Å². The number of phosphoric acid groups is 1. The van der Waals surface area contributed by atoms with Crippen molar-refractivity contribution in [3.63, 3.8) is 0 Å². The number of aliphatic hydroxyl groups excluding tert-OH is 2. The molecule has 0 aliphatic rings. The Balaban J connectivity index is 4.30. The molecule has 3 unspecified atom stereocenters. The minimum Gasteiger partial charge on any atom is -0.462 e. The van der Waals surface area contributed by atoms with Gasteiger partial charge in [-0.1, -0.05) is 153 Å². The molecule has 0 bridgehead atoms. The smallest absolute Gasteiger partial charge is 0.462 e. The average Bonchev–Trinajstić information content (AvgIpc) is 3.19. The molecule has 3 N–H and O–H groups in total. The summed E-state index contributed by atoms with van der Waals surface area (Å²) >= 11 is 0. The number of rotatable bonds is 42. The molecule has 0 rings (SSSR count). The van der Waals surface area contributed by atoms with E-state index >= 15 is 0 Å². The van der Waals surface area contributed by atoms with Gasteiger partial charge in [0.15, 0.2) is 6.10 Å². The summed E-state index contributed by atoms with van der Waals surface area (Å²) in [5.41, 5.74) is 0. The van der Waals surface area contributed by atoms with Crippen LogP contribution in [0.1, 0.15) is 200 Å². The van der Waals surface area contributed by atoms with Gasteiger partial charge in [-0.2, -0.15) is 0 Å². The topological polar surface area (TPSA) is 149 Å². The molecule has 0 saturated heterocycles. The maximum Gasteiger partial charge on any atom is 0.472 e. The van der Waals surface area contributed by atoms with E-state index in [1.54, 1.807) is 0 Å². The molecular weight excluding hydrogens is 731 g/mol. The van der Waals surface area contributed by atoms with Crippen LogP contribution < -0.4 is 0 Å². The van der Waals surface area contributed by atoms with Crippen molar-refractivity contribution in [1.82, 2.24) is 0 Å². The fourth-order valence-electron chi connectivity index (χ4n) is 6.02. The van der Waals surface area contributed by atoms with E-state index in [2.05, 4.69) is 50.3 Å². The Morgan fingerprint density at radius 3 is 1.41 bits per heavy atom. The Kier molecular flexibility index (Phi) is 40.0. The third kappa shape index (κ3) is 40.4. The molecule has 0 aliphatic heterocycles. The van der Waals surface area contributed by atoms with E-state index in [1.807, 2.05) is 0 Å². The number of carbonyl (C=O) groups excluding carboxylic acids is 2. The Hall–Kier alpha value is -1.81. The fourth-order valence-corrected chi connectivity index (χ4v) is 6.81. The number of unbranched alkanes of at least 4 members (excludes halogenated alkanes) is 22. The lowest BCUT2D eigenvalue weighted by atomic mass is 10.1. The summed E-state index contributed by atoms with van der Waals surface area (Å²) in [5.74, 6) is -0.943. The predicted octanol–water partition coefficient (Wildman–Crippen LogP) is 11.9. The molecule has 0 aromatic rings. The van der Waals surface area contributed by atoms with E-state index in [0.29, 0.717) is 12.8 Å². The Morgan fingerprint density at radius 1 is 0.536 bits per heavy atom. The number of phosphoric ester groups is 1. The molecule has 328 valence electrons. The zero-order valence-corrected chi connectivity index (χ0v) is 36.5. The zero-order valence-electron chi connectivity index (χ0n) is 35.6. The number of hydrogen-bond acceptors (Lipinski definition) is 9. The first-order valence-corrected chi connectivity index (χ1v) is 23.9. The van der Waals surface area contributed by atoms with Gasteiger partial charge >= 0.3 is 19.8 Å². The van der Waals surface area contributed by atoms with Crippen molar-refractivity contribution in [2.75, 3.05) is 26.4 Å². The first kappa shape index (κ1) is 54.2. The summed E-state index contributed by atoms with van der Waals surface area (Å²) in [6, 6.07) is 0. The third-order valence-corrected chi connectivity index (χ3v) is 10.5. The van der Waals surface area contributed by atoms with E-state index in [4.69, 9.17) is 23.6 Å². The Morgan fingerprint density at radius 2 is 0.929 bits per heavy atom. The van der Waals surface area contributed by atoms with Gasteiger partial charge in [-0.05, 0) is 70.6 Å².